The third-order valence-electron chi connectivity index (χ3n) is 5.30. The van der Waals surface area contributed by atoms with E-state index in [0.717, 1.165) is 24.0 Å². The van der Waals surface area contributed by atoms with Gasteiger partial charge in [-0.05, 0) is 36.2 Å². The van der Waals surface area contributed by atoms with Crippen LogP contribution >= 0.6 is 0 Å². The van der Waals surface area contributed by atoms with E-state index in [-0.39, 0.29) is 24.3 Å². The number of rotatable bonds is 6. The van der Waals surface area contributed by atoms with Crippen molar-refractivity contribution in [3.05, 3.63) is 59.8 Å². The zero-order valence-corrected chi connectivity index (χ0v) is 16.1. The van der Waals surface area contributed by atoms with Gasteiger partial charge in [-0.3, -0.25) is 9.59 Å². The number of carbonyl (C=O) groups excluding carboxylic acids is 2. The van der Waals surface area contributed by atoms with Crippen molar-refractivity contribution < 1.29 is 19.6 Å². The Morgan fingerprint density at radius 2 is 2.04 bits per heavy atom. The molecule has 28 heavy (non-hydrogen) atoms. The zero-order valence-electron chi connectivity index (χ0n) is 16.1. The van der Waals surface area contributed by atoms with Gasteiger partial charge in [0.2, 0.25) is 5.91 Å². The lowest BCUT2D eigenvalue weighted by Crippen LogP contribution is -2.92. The van der Waals surface area contributed by atoms with E-state index in [1.54, 1.807) is 13.2 Å². The van der Waals surface area contributed by atoms with Crippen LogP contribution in [0.5, 0.6) is 5.75 Å². The van der Waals surface area contributed by atoms with Gasteiger partial charge in [0.05, 0.1) is 25.8 Å². The summed E-state index contributed by atoms with van der Waals surface area (Å²) in [4.78, 5) is 30.0. The highest BCUT2D eigenvalue weighted by Crippen LogP contribution is 2.32. The van der Waals surface area contributed by atoms with Crippen molar-refractivity contribution in [1.29, 1.82) is 0 Å². The third kappa shape index (κ3) is 3.27. The van der Waals surface area contributed by atoms with E-state index in [1.807, 2.05) is 42.7 Å². The lowest BCUT2D eigenvalue weighted by Gasteiger charge is -2.18. The molecule has 1 aliphatic heterocycles. The molecule has 0 aliphatic carbocycles. The number of benzene rings is 2. The molecule has 2 aromatic carbocycles. The Kier molecular flexibility index (Phi) is 4.88. The monoisotopic (exact) mass is 378 g/mol. The summed E-state index contributed by atoms with van der Waals surface area (Å²) in [5.74, 6) is 0.182. The average Bonchev–Trinajstić information content (AvgIpc) is 3.22. The summed E-state index contributed by atoms with van der Waals surface area (Å²) in [6.45, 7) is 2.67. The second-order valence-electron chi connectivity index (χ2n) is 7.19. The fourth-order valence-electron chi connectivity index (χ4n) is 3.85. The molecule has 6 nitrogen and oxygen atoms in total. The van der Waals surface area contributed by atoms with Crippen LogP contribution in [0.4, 0.5) is 5.69 Å². The molecule has 2 amide bonds. The molecule has 1 fully saturated rings. The Hall–Kier alpha value is -3.12. The number of nitrogens with one attached hydrogen (secondary N) is 1. The van der Waals surface area contributed by atoms with Gasteiger partial charge in [0.1, 0.15) is 5.75 Å². The van der Waals surface area contributed by atoms with E-state index >= 15 is 0 Å². The fraction of sp³-hybridized carbons (Fsp3) is 0.273. The number of fused-ring (bicyclic) bond motifs is 1. The molecular weight excluding hydrogens is 354 g/mol. The summed E-state index contributed by atoms with van der Waals surface area (Å²) in [5, 5.41) is 3.18. The van der Waals surface area contributed by atoms with Gasteiger partial charge in [-0.25, -0.2) is 4.90 Å². The predicted octanol–water partition coefficient (Wildman–Crippen LogP) is 1.92. The number of nitrogens with zero attached hydrogens (tertiary/aromatic N) is 1. The molecule has 0 saturated carbocycles. The molecule has 1 atom stereocenters. The molecule has 0 spiro atoms. The smallest absolute Gasteiger partial charge is 0.292 e. The molecule has 0 unspecified atom stereocenters. The fourth-order valence-corrected chi connectivity index (χ4v) is 3.85. The molecule has 3 N–H and O–H groups in total. The van der Waals surface area contributed by atoms with Crippen molar-refractivity contribution in [2.45, 2.75) is 25.8 Å². The molecule has 1 aromatic heterocycles. The summed E-state index contributed by atoms with van der Waals surface area (Å²) in [7, 11) is 1.55. The number of hydrogen-bond donors (Lipinski definition) is 2. The first-order valence-electron chi connectivity index (χ1n) is 9.48. The highest BCUT2D eigenvalue weighted by molar-refractivity contribution is 6.22. The lowest BCUT2D eigenvalue weighted by atomic mass is 10.1. The lowest BCUT2D eigenvalue weighted by molar-refractivity contribution is -0.674. The number of anilines is 1. The van der Waals surface area contributed by atoms with Gasteiger partial charge in [-0.1, -0.05) is 24.3 Å². The number of nitrogens with two attached hydrogens (primary N) is 1. The molecule has 1 saturated heterocycles. The SMILES string of the molecule is COc1ccc(C)cc1N1C(=O)C[C@@H]([NH2+]CCc2c[nH]c3ccccc23)C1=O. The van der Waals surface area contributed by atoms with E-state index < -0.39 is 0 Å². The van der Waals surface area contributed by atoms with Crippen LogP contribution in [0.3, 0.4) is 0 Å². The minimum atomic E-state index is -0.386. The number of aromatic nitrogens is 1. The van der Waals surface area contributed by atoms with Gasteiger partial charge >= 0.3 is 0 Å². The van der Waals surface area contributed by atoms with Crippen molar-refractivity contribution in [2.24, 2.45) is 0 Å². The first kappa shape index (κ1) is 18.3. The molecule has 0 radical (unpaired) electrons. The van der Waals surface area contributed by atoms with Gasteiger partial charge in [0.25, 0.3) is 5.91 Å². The number of H-pyrrole nitrogens is 1. The Morgan fingerprint density at radius 3 is 2.86 bits per heavy atom. The quantitative estimate of drug-likeness (QED) is 0.643. The van der Waals surface area contributed by atoms with Crippen molar-refractivity contribution in [3.63, 3.8) is 0 Å². The first-order chi connectivity index (χ1) is 13.6. The van der Waals surface area contributed by atoms with Crippen LogP contribution in [0.15, 0.2) is 48.7 Å². The number of hydrogen-bond acceptors (Lipinski definition) is 3. The van der Waals surface area contributed by atoms with Gasteiger partial charge in [-0.2, -0.15) is 0 Å². The predicted molar refractivity (Wildman–Crippen MR) is 107 cm³/mol. The Bertz CT molecular complexity index is 1040. The second-order valence-corrected chi connectivity index (χ2v) is 7.19. The number of carbonyl (C=O) groups is 2. The van der Waals surface area contributed by atoms with Crippen molar-refractivity contribution in [1.82, 2.24) is 4.98 Å². The largest absolute Gasteiger partial charge is 0.495 e. The molecule has 4 rings (SSSR count). The number of quaternary nitrogens is 1. The number of ether oxygens (including phenoxy) is 1. The molecule has 1 aliphatic rings. The first-order valence-corrected chi connectivity index (χ1v) is 9.48. The van der Waals surface area contributed by atoms with Gasteiger partial charge in [0, 0.05) is 23.5 Å². The van der Waals surface area contributed by atoms with Crippen molar-refractivity contribution in [2.75, 3.05) is 18.6 Å². The van der Waals surface area contributed by atoms with Crippen LogP contribution in [0, 0.1) is 6.92 Å². The standard InChI is InChI=1S/C22H23N3O3/c1-14-7-8-20(28-2)19(11-14)25-21(26)12-18(22(25)27)23-10-9-15-13-24-17-6-4-3-5-16(15)17/h3-8,11,13,18,23-24H,9-10,12H2,1-2H3/p+1/t18-/m1/s1. The maximum atomic E-state index is 12.9. The maximum Gasteiger partial charge on any atom is 0.292 e. The Balaban J connectivity index is 1.45. The van der Waals surface area contributed by atoms with E-state index in [4.69, 9.17) is 4.74 Å². The molecule has 6 heteroatoms. The molecule has 144 valence electrons. The number of amides is 2. The number of para-hydroxylation sites is 1. The minimum absolute atomic E-state index is 0.173. The van der Waals surface area contributed by atoms with E-state index in [9.17, 15) is 9.59 Å². The van der Waals surface area contributed by atoms with Crippen molar-refractivity contribution in [3.8, 4) is 5.75 Å². The molecule has 2 heterocycles. The van der Waals surface area contributed by atoms with Crippen LogP contribution in [0.25, 0.3) is 10.9 Å². The number of aryl methyl sites for hydroxylation is 1. The number of methoxy groups -OCH3 is 1. The number of aromatic amines is 1. The van der Waals surface area contributed by atoms with Crippen molar-refractivity contribution >= 4 is 28.4 Å². The highest BCUT2D eigenvalue weighted by atomic mass is 16.5. The normalized spacial score (nSPS) is 16.9. The molecule has 0 bridgehead atoms. The van der Waals surface area contributed by atoms with Crippen LogP contribution in [-0.2, 0) is 16.0 Å². The van der Waals surface area contributed by atoms with Gasteiger partial charge < -0.3 is 15.0 Å². The topological polar surface area (TPSA) is 79.0 Å². The zero-order chi connectivity index (χ0) is 19.7. The molecule has 3 aromatic rings. The second kappa shape index (κ2) is 7.48. The van der Waals surface area contributed by atoms with Crippen LogP contribution < -0.4 is 15.0 Å². The van der Waals surface area contributed by atoms with Crippen LogP contribution in [0.2, 0.25) is 0 Å². The number of imide groups is 1. The average molecular weight is 378 g/mol. The van der Waals surface area contributed by atoms with Gasteiger partial charge in [0.15, 0.2) is 6.04 Å². The van der Waals surface area contributed by atoms with Gasteiger partial charge in [-0.15, -0.1) is 0 Å². The summed E-state index contributed by atoms with van der Waals surface area (Å²) < 4.78 is 5.36. The summed E-state index contributed by atoms with van der Waals surface area (Å²) in [5.41, 5.74) is 3.84. The molecular formula is C22H24N3O3+. The Morgan fingerprint density at radius 1 is 1.21 bits per heavy atom. The summed E-state index contributed by atoms with van der Waals surface area (Å²) >= 11 is 0. The summed E-state index contributed by atoms with van der Waals surface area (Å²) in [6, 6.07) is 13.3. The van der Waals surface area contributed by atoms with Crippen LogP contribution in [0.1, 0.15) is 17.5 Å². The van der Waals surface area contributed by atoms with Crippen LogP contribution in [-0.4, -0.2) is 36.5 Å². The highest BCUT2D eigenvalue weighted by Gasteiger charge is 2.43. The third-order valence-corrected chi connectivity index (χ3v) is 5.30. The van der Waals surface area contributed by atoms with E-state index in [0.29, 0.717) is 11.4 Å². The van der Waals surface area contributed by atoms with E-state index in [1.165, 1.54) is 15.8 Å². The Labute approximate surface area is 163 Å². The minimum Gasteiger partial charge on any atom is -0.495 e. The summed E-state index contributed by atoms with van der Waals surface area (Å²) in [6.07, 6.45) is 3.06. The van der Waals surface area contributed by atoms with E-state index in [2.05, 4.69) is 17.1 Å². The maximum absolute atomic E-state index is 12.9.